The van der Waals surface area contributed by atoms with Gasteiger partial charge in [-0.1, -0.05) is 81.1 Å². The van der Waals surface area contributed by atoms with Crippen LogP contribution in [0.4, 0.5) is 4.79 Å². The van der Waals surface area contributed by atoms with Crippen molar-refractivity contribution in [2.45, 2.75) is 51.4 Å². The van der Waals surface area contributed by atoms with Crippen molar-refractivity contribution in [3.8, 4) is 11.1 Å². The number of carbonyl (C=O) groups is 2. The molecule has 1 aliphatic carbocycles. The second-order valence-corrected chi connectivity index (χ2v) is 14.4. The third-order valence-electron chi connectivity index (χ3n) is 9.55. The molecule has 3 rings (SSSR count). The Morgan fingerprint density at radius 3 is 1.17 bits per heavy atom. The Morgan fingerprint density at radius 1 is 0.429 bits per heavy atom. The summed E-state index contributed by atoms with van der Waals surface area (Å²) in [6.45, 7) is 13.2. The number of benzene rings is 2. The molecule has 0 heterocycles. The zero-order chi connectivity index (χ0) is 44.5. The first-order chi connectivity index (χ1) is 31.2. The first-order valence-corrected chi connectivity index (χ1v) is 22.8. The van der Waals surface area contributed by atoms with Crippen LogP contribution in [0.3, 0.4) is 0 Å². The summed E-state index contributed by atoms with van der Waals surface area (Å²) in [5, 5.41) is 2.74. The molecule has 0 radical (unpaired) electrons. The fourth-order valence-electron chi connectivity index (χ4n) is 6.34. The number of esters is 1. The molecule has 1 N–H and O–H groups in total. The van der Waals surface area contributed by atoms with Gasteiger partial charge in [0.25, 0.3) is 0 Å². The Morgan fingerprint density at radius 2 is 0.778 bits per heavy atom. The maximum absolute atomic E-state index is 12.3. The highest BCUT2D eigenvalue weighted by atomic mass is 16.6. The summed E-state index contributed by atoms with van der Waals surface area (Å²) in [5.74, 6) is -0.120. The Hall–Kier alpha value is -3.26. The molecule has 0 atom stereocenters. The molecule has 0 bridgehead atoms. The lowest BCUT2D eigenvalue weighted by atomic mass is 9.98. The Bertz CT molecular complexity index is 1360. The second kappa shape index (κ2) is 39.1. The third kappa shape index (κ3) is 27.6. The van der Waals surface area contributed by atoms with E-state index < -0.39 is 6.09 Å². The van der Waals surface area contributed by atoms with E-state index in [-0.39, 0.29) is 25.1 Å². The van der Waals surface area contributed by atoms with Crippen molar-refractivity contribution in [2.24, 2.45) is 0 Å². The standard InChI is InChI=1S/C47H75NO15/c1-2-3-4-5-6-15-46(49)62-39-38-61-37-36-60-35-34-59-33-32-58-31-30-57-29-28-56-27-26-55-25-24-54-23-22-53-21-20-52-19-18-51-17-16-48-47(50)63-40-45-43-13-9-7-11-41(43)42-12-8-10-14-44(42)45/h7-14,45H,2-6,15-40H2,1H3,(H,48,50). The minimum Gasteiger partial charge on any atom is -0.463 e. The number of fused-ring (bicyclic) bond motifs is 3. The van der Waals surface area contributed by atoms with E-state index in [9.17, 15) is 9.59 Å². The first-order valence-electron chi connectivity index (χ1n) is 22.8. The van der Waals surface area contributed by atoms with Gasteiger partial charge in [0.1, 0.15) is 13.2 Å². The number of alkyl carbamates (subject to hydrolysis) is 1. The minimum absolute atomic E-state index is 0.0325. The molecule has 0 aromatic heterocycles. The highest BCUT2D eigenvalue weighted by Gasteiger charge is 2.29. The van der Waals surface area contributed by atoms with Crippen molar-refractivity contribution in [3.05, 3.63) is 59.7 Å². The van der Waals surface area contributed by atoms with Crippen molar-refractivity contribution < 1.29 is 71.2 Å². The van der Waals surface area contributed by atoms with Gasteiger partial charge in [-0.15, -0.1) is 0 Å². The molecule has 16 nitrogen and oxygen atoms in total. The summed E-state index contributed by atoms with van der Waals surface area (Å²) < 4.78 is 71.2. The van der Waals surface area contributed by atoms with Crippen LogP contribution in [0.5, 0.6) is 0 Å². The lowest BCUT2D eigenvalue weighted by molar-refractivity contribution is -0.145. The molecule has 2 aromatic rings. The molecular weight excluding hydrogens is 819 g/mol. The molecular formula is C47H75NO15. The minimum atomic E-state index is -0.456. The number of ether oxygens (including phenoxy) is 13. The Balaban J connectivity index is 0.916. The fourth-order valence-corrected chi connectivity index (χ4v) is 6.34. The normalized spacial score (nSPS) is 12.1. The van der Waals surface area contributed by atoms with E-state index in [1.807, 2.05) is 24.3 Å². The van der Waals surface area contributed by atoms with Gasteiger partial charge in [0.05, 0.1) is 145 Å². The number of hydrogen-bond donors (Lipinski definition) is 1. The van der Waals surface area contributed by atoms with E-state index in [2.05, 4.69) is 36.5 Å². The Labute approximate surface area is 375 Å². The van der Waals surface area contributed by atoms with Gasteiger partial charge in [0, 0.05) is 18.9 Å². The highest BCUT2D eigenvalue weighted by molar-refractivity contribution is 5.79. The van der Waals surface area contributed by atoms with Crippen LogP contribution in [0, 0.1) is 0 Å². The van der Waals surface area contributed by atoms with Crippen molar-refractivity contribution >= 4 is 12.1 Å². The molecule has 16 heteroatoms. The van der Waals surface area contributed by atoms with Crippen LogP contribution in [0.2, 0.25) is 0 Å². The van der Waals surface area contributed by atoms with Crippen LogP contribution >= 0.6 is 0 Å². The molecule has 0 spiro atoms. The van der Waals surface area contributed by atoms with Gasteiger partial charge in [0.2, 0.25) is 0 Å². The van der Waals surface area contributed by atoms with Crippen LogP contribution in [-0.4, -0.2) is 177 Å². The maximum atomic E-state index is 12.3. The number of amides is 1. The summed E-state index contributed by atoms with van der Waals surface area (Å²) in [4.78, 5) is 23.9. The van der Waals surface area contributed by atoms with E-state index in [1.165, 1.54) is 41.5 Å². The number of nitrogens with one attached hydrogen (secondary N) is 1. The summed E-state index contributed by atoms with van der Waals surface area (Å²) in [6, 6.07) is 16.5. The number of hydrogen-bond acceptors (Lipinski definition) is 15. The van der Waals surface area contributed by atoms with Gasteiger partial charge >= 0.3 is 12.1 Å². The van der Waals surface area contributed by atoms with Gasteiger partial charge < -0.3 is 66.9 Å². The van der Waals surface area contributed by atoms with Gasteiger partial charge in [0.15, 0.2) is 0 Å². The first kappa shape index (κ1) is 54.1. The number of carbonyl (C=O) groups excluding carboxylic acids is 2. The zero-order valence-electron chi connectivity index (χ0n) is 37.7. The summed E-state index contributed by atoms with van der Waals surface area (Å²) in [5.41, 5.74) is 4.76. The predicted octanol–water partition coefficient (Wildman–Crippen LogP) is 5.61. The Kier molecular flexibility index (Phi) is 33.6. The summed E-state index contributed by atoms with van der Waals surface area (Å²) in [6.07, 6.45) is 5.59. The predicted molar refractivity (Wildman–Crippen MR) is 236 cm³/mol. The third-order valence-corrected chi connectivity index (χ3v) is 9.55. The molecule has 0 saturated heterocycles. The SMILES string of the molecule is CCCCCCCC(=O)OCCOCCOCCOCCOCCOCCOCCOCCOCCOCCOCCOCCNC(=O)OCC1c2ccccc2-c2ccccc21. The van der Waals surface area contributed by atoms with Crippen molar-refractivity contribution in [3.63, 3.8) is 0 Å². The monoisotopic (exact) mass is 894 g/mol. The van der Waals surface area contributed by atoms with E-state index in [0.717, 1.165) is 12.8 Å². The number of rotatable bonds is 44. The van der Waals surface area contributed by atoms with Crippen molar-refractivity contribution in [1.82, 2.24) is 5.32 Å². The molecule has 358 valence electrons. The van der Waals surface area contributed by atoms with Crippen molar-refractivity contribution in [2.75, 3.05) is 165 Å². The molecule has 2 aromatic carbocycles. The van der Waals surface area contributed by atoms with Crippen LogP contribution < -0.4 is 5.32 Å². The topological polar surface area (TPSA) is 166 Å². The summed E-state index contributed by atoms with van der Waals surface area (Å²) in [7, 11) is 0. The molecule has 0 fully saturated rings. The molecule has 63 heavy (non-hydrogen) atoms. The van der Waals surface area contributed by atoms with E-state index >= 15 is 0 Å². The molecule has 0 unspecified atom stereocenters. The fraction of sp³-hybridized carbons (Fsp3) is 0.702. The molecule has 1 amide bonds. The van der Waals surface area contributed by atoms with E-state index in [1.54, 1.807) is 0 Å². The van der Waals surface area contributed by atoms with E-state index in [4.69, 9.17) is 61.6 Å². The largest absolute Gasteiger partial charge is 0.463 e. The number of unbranched alkanes of at least 4 members (excludes halogenated alkanes) is 4. The zero-order valence-corrected chi connectivity index (χ0v) is 37.7. The lowest BCUT2D eigenvalue weighted by Crippen LogP contribution is -2.29. The van der Waals surface area contributed by atoms with Gasteiger partial charge in [-0.05, 0) is 28.7 Å². The average molecular weight is 894 g/mol. The molecule has 0 aliphatic heterocycles. The van der Waals surface area contributed by atoms with Crippen LogP contribution in [0.25, 0.3) is 11.1 Å². The molecule has 1 aliphatic rings. The van der Waals surface area contributed by atoms with E-state index in [0.29, 0.717) is 158 Å². The van der Waals surface area contributed by atoms with Gasteiger partial charge in [-0.2, -0.15) is 0 Å². The molecule has 0 saturated carbocycles. The van der Waals surface area contributed by atoms with Crippen LogP contribution in [0.15, 0.2) is 48.5 Å². The smallest absolute Gasteiger partial charge is 0.407 e. The highest BCUT2D eigenvalue weighted by Crippen LogP contribution is 2.44. The summed E-state index contributed by atoms with van der Waals surface area (Å²) >= 11 is 0. The second-order valence-electron chi connectivity index (χ2n) is 14.4. The van der Waals surface area contributed by atoms with Crippen molar-refractivity contribution in [1.29, 1.82) is 0 Å². The van der Waals surface area contributed by atoms with Crippen LogP contribution in [0.1, 0.15) is 62.5 Å². The van der Waals surface area contributed by atoms with Gasteiger partial charge in [-0.25, -0.2) is 4.79 Å². The quantitative estimate of drug-likeness (QED) is 0.0644. The lowest BCUT2D eigenvalue weighted by Gasteiger charge is -2.14. The average Bonchev–Trinajstić information content (AvgIpc) is 3.62. The van der Waals surface area contributed by atoms with Crippen LogP contribution in [-0.2, 0) is 66.4 Å². The van der Waals surface area contributed by atoms with Gasteiger partial charge in [-0.3, -0.25) is 4.79 Å². The maximum Gasteiger partial charge on any atom is 0.407 e.